The maximum atomic E-state index is 2.47. The molecule has 0 amide bonds. The monoisotopic (exact) mass is 541 g/mol. The van der Waals surface area contributed by atoms with Gasteiger partial charge in [-0.1, -0.05) is 105 Å². The van der Waals surface area contributed by atoms with E-state index in [2.05, 4.69) is 146 Å². The Labute approximate surface area is 242 Å². The van der Waals surface area contributed by atoms with Crippen molar-refractivity contribution in [2.24, 2.45) is 0 Å². The van der Waals surface area contributed by atoms with Crippen LogP contribution in [0.25, 0.3) is 69.9 Å². The molecule has 1 aliphatic rings. The first kappa shape index (κ1) is 23.1. The molecule has 1 nitrogen and oxygen atoms in total. The highest BCUT2D eigenvalue weighted by atomic mass is 32.1. The number of benzene rings is 6. The summed E-state index contributed by atoms with van der Waals surface area (Å²) in [5.74, 6) is 0. The van der Waals surface area contributed by atoms with Crippen LogP contribution in [0, 0.1) is 0 Å². The lowest BCUT2D eigenvalue weighted by molar-refractivity contribution is 0.661. The Balaban J connectivity index is 1.31. The zero-order valence-corrected chi connectivity index (χ0v) is 23.8. The van der Waals surface area contributed by atoms with Crippen molar-refractivity contribution in [1.82, 2.24) is 4.57 Å². The van der Waals surface area contributed by atoms with Crippen LogP contribution in [0.5, 0.6) is 0 Å². The summed E-state index contributed by atoms with van der Waals surface area (Å²) in [7, 11) is 0. The largest absolute Gasteiger partial charge is 0.309 e. The van der Waals surface area contributed by atoms with Gasteiger partial charge in [-0.25, -0.2) is 0 Å². The molecular formula is C39H27NS. The van der Waals surface area contributed by atoms with Gasteiger partial charge in [0, 0.05) is 42.0 Å². The Hall–Kier alpha value is -4.66. The Morgan fingerprint density at radius 2 is 1.24 bits per heavy atom. The van der Waals surface area contributed by atoms with E-state index in [1.807, 2.05) is 11.3 Å². The van der Waals surface area contributed by atoms with E-state index in [0.717, 1.165) is 0 Å². The minimum atomic E-state index is -0.0416. The lowest BCUT2D eigenvalue weighted by Crippen LogP contribution is -2.14. The number of rotatable bonds is 2. The smallest absolute Gasteiger partial charge is 0.0544 e. The summed E-state index contributed by atoms with van der Waals surface area (Å²) in [5.41, 5.74) is 11.8. The van der Waals surface area contributed by atoms with Crippen LogP contribution in [0.1, 0.15) is 25.0 Å². The van der Waals surface area contributed by atoms with Gasteiger partial charge in [0.15, 0.2) is 0 Å². The van der Waals surface area contributed by atoms with E-state index in [9.17, 15) is 0 Å². The second-order valence-corrected chi connectivity index (χ2v) is 12.8. The van der Waals surface area contributed by atoms with Crippen LogP contribution < -0.4 is 0 Å². The molecule has 0 radical (unpaired) electrons. The van der Waals surface area contributed by atoms with Crippen LogP contribution in [0.2, 0.25) is 0 Å². The van der Waals surface area contributed by atoms with E-state index in [-0.39, 0.29) is 5.41 Å². The van der Waals surface area contributed by atoms with Crippen LogP contribution in [0.4, 0.5) is 0 Å². The molecule has 0 fully saturated rings. The first-order valence-corrected chi connectivity index (χ1v) is 15.1. The third-order valence-corrected chi connectivity index (χ3v) is 10.4. The van der Waals surface area contributed by atoms with Gasteiger partial charge >= 0.3 is 0 Å². The summed E-state index contributed by atoms with van der Waals surface area (Å²) < 4.78 is 5.16. The molecule has 8 aromatic rings. The topological polar surface area (TPSA) is 4.93 Å². The Morgan fingerprint density at radius 1 is 0.512 bits per heavy atom. The van der Waals surface area contributed by atoms with E-state index in [4.69, 9.17) is 0 Å². The Bertz CT molecular complexity index is 2350. The van der Waals surface area contributed by atoms with Crippen LogP contribution in [0.15, 0.2) is 127 Å². The maximum absolute atomic E-state index is 2.47. The molecule has 0 saturated heterocycles. The number of hydrogen-bond acceptors (Lipinski definition) is 1. The summed E-state index contributed by atoms with van der Waals surface area (Å²) in [6.07, 6.45) is 0. The highest BCUT2D eigenvalue weighted by molar-refractivity contribution is 7.26. The Morgan fingerprint density at radius 3 is 2.17 bits per heavy atom. The van der Waals surface area contributed by atoms with Crippen LogP contribution in [-0.2, 0) is 5.41 Å². The summed E-state index contributed by atoms with van der Waals surface area (Å²) in [4.78, 5) is 0. The van der Waals surface area contributed by atoms with Crippen molar-refractivity contribution < 1.29 is 0 Å². The van der Waals surface area contributed by atoms with Crippen molar-refractivity contribution >= 4 is 53.3 Å². The lowest BCUT2D eigenvalue weighted by Gasteiger charge is -2.21. The fraction of sp³-hybridized carbons (Fsp3) is 0.0769. The highest BCUT2D eigenvalue weighted by Gasteiger charge is 2.36. The zero-order valence-electron chi connectivity index (χ0n) is 23.0. The SMILES string of the molecule is CC1(C)c2ccccc2-c2cc3c4ccccc4n(-c4cccc(-c5cccc6c5sc5ccccc56)c4)c3cc21. The predicted octanol–water partition coefficient (Wildman–Crippen LogP) is 11.1. The number of hydrogen-bond donors (Lipinski definition) is 0. The molecule has 2 heterocycles. The molecule has 0 aliphatic heterocycles. The fourth-order valence-electron chi connectivity index (χ4n) is 7.23. The van der Waals surface area contributed by atoms with Gasteiger partial charge in [-0.05, 0) is 69.8 Å². The minimum Gasteiger partial charge on any atom is -0.309 e. The third-order valence-electron chi connectivity index (χ3n) is 9.20. The fourth-order valence-corrected chi connectivity index (χ4v) is 8.47. The first-order valence-electron chi connectivity index (χ1n) is 14.3. The van der Waals surface area contributed by atoms with Crippen LogP contribution in [0.3, 0.4) is 0 Å². The summed E-state index contributed by atoms with van der Waals surface area (Å²) in [6.45, 7) is 4.73. The van der Waals surface area contributed by atoms with Crippen molar-refractivity contribution in [3.8, 4) is 27.9 Å². The van der Waals surface area contributed by atoms with Crippen LogP contribution >= 0.6 is 11.3 Å². The molecule has 0 spiro atoms. The average Bonchev–Trinajstić information content (AvgIpc) is 3.62. The van der Waals surface area contributed by atoms with E-state index >= 15 is 0 Å². The number of thiophene rings is 1. The van der Waals surface area contributed by atoms with Gasteiger partial charge < -0.3 is 4.57 Å². The molecule has 0 unspecified atom stereocenters. The van der Waals surface area contributed by atoms with E-state index in [0.29, 0.717) is 0 Å². The van der Waals surface area contributed by atoms with Gasteiger partial charge in [0.05, 0.1) is 11.0 Å². The molecule has 0 bridgehead atoms. The van der Waals surface area contributed by atoms with Gasteiger partial charge in [0.25, 0.3) is 0 Å². The molecule has 9 rings (SSSR count). The van der Waals surface area contributed by atoms with E-state index < -0.39 is 0 Å². The van der Waals surface area contributed by atoms with Crippen molar-refractivity contribution in [2.75, 3.05) is 0 Å². The van der Waals surface area contributed by atoms with Crippen molar-refractivity contribution in [3.05, 3.63) is 139 Å². The average molecular weight is 542 g/mol. The molecule has 2 aromatic heterocycles. The third kappa shape index (κ3) is 3.11. The molecule has 6 aromatic carbocycles. The van der Waals surface area contributed by atoms with Gasteiger partial charge in [0.1, 0.15) is 0 Å². The summed E-state index contributed by atoms with van der Waals surface area (Å²) in [6, 6.07) is 47.3. The van der Waals surface area contributed by atoms with Crippen molar-refractivity contribution in [3.63, 3.8) is 0 Å². The lowest BCUT2D eigenvalue weighted by atomic mass is 9.82. The zero-order chi connectivity index (χ0) is 27.3. The first-order chi connectivity index (χ1) is 20.1. The number of aromatic nitrogens is 1. The predicted molar refractivity (Wildman–Crippen MR) is 177 cm³/mol. The number of nitrogens with zero attached hydrogens (tertiary/aromatic N) is 1. The molecule has 0 N–H and O–H groups in total. The highest BCUT2D eigenvalue weighted by Crippen LogP contribution is 2.51. The van der Waals surface area contributed by atoms with Crippen molar-refractivity contribution in [1.29, 1.82) is 0 Å². The van der Waals surface area contributed by atoms with Gasteiger partial charge in [-0.15, -0.1) is 11.3 Å². The maximum Gasteiger partial charge on any atom is 0.0544 e. The Kier molecular flexibility index (Phi) is 4.61. The quantitative estimate of drug-likeness (QED) is 0.205. The molecule has 2 heteroatoms. The molecule has 194 valence electrons. The molecule has 1 aliphatic carbocycles. The van der Waals surface area contributed by atoms with Crippen LogP contribution in [-0.4, -0.2) is 4.57 Å². The summed E-state index contributed by atoms with van der Waals surface area (Å²) in [5, 5.41) is 5.28. The second-order valence-electron chi connectivity index (χ2n) is 11.8. The van der Waals surface area contributed by atoms with Gasteiger partial charge in [-0.2, -0.15) is 0 Å². The van der Waals surface area contributed by atoms with Crippen molar-refractivity contribution in [2.45, 2.75) is 19.3 Å². The van der Waals surface area contributed by atoms with Gasteiger partial charge in [0.2, 0.25) is 0 Å². The number of para-hydroxylation sites is 1. The molecule has 41 heavy (non-hydrogen) atoms. The minimum absolute atomic E-state index is 0.0416. The number of fused-ring (bicyclic) bond motifs is 9. The molecule has 0 saturated carbocycles. The molecule has 0 atom stereocenters. The standard InChI is InChI=1S/C39H27NS/c1-39(2)33-18-6-3-13-27(33)31-22-32-28-14-4-7-19-35(28)40(36(32)23-34(31)39)25-12-9-11-24(21-25)26-16-10-17-30-29-15-5-8-20-37(29)41-38(26)30/h3-23H,1-2H3. The normalized spacial score (nSPS) is 13.8. The summed E-state index contributed by atoms with van der Waals surface area (Å²) >= 11 is 1.89. The van der Waals surface area contributed by atoms with E-state index in [1.165, 1.54) is 81.0 Å². The molecular weight excluding hydrogens is 515 g/mol. The van der Waals surface area contributed by atoms with E-state index in [1.54, 1.807) is 0 Å². The second kappa shape index (κ2) is 8.19. The van der Waals surface area contributed by atoms with Gasteiger partial charge in [-0.3, -0.25) is 0 Å².